The molecule has 5 nitrogen and oxygen atoms in total. The van der Waals surface area contributed by atoms with Gasteiger partial charge in [0.25, 0.3) is 0 Å². The molecule has 0 amide bonds. The summed E-state index contributed by atoms with van der Waals surface area (Å²) in [7, 11) is 0. The minimum absolute atomic E-state index is 0.261. The Morgan fingerprint density at radius 1 is 1.23 bits per heavy atom. The molecule has 1 aromatic heterocycles. The van der Waals surface area contributed by atoms with Gasteiger partial charge in [0, 0.05) is 30.0 Å². The van der Waals surface area contributed by atoms with Crippen LogP contribution in [-0.4, -0.2) is 34.0 Å². The van der Waals surface area contributed by atoms with Crippen LogP contribution >= 0.6 is 0 Å². The van der Waals surface area contributed by atoms with Crippen LogP contribution in [0.1, 0.15) is 71.6 Å². The van der Waals surface area contributed by atoms with Crippen molar-refractivity contribution in [3.05, 3.63) is 60.2 Å². The lowest BCUT2D eigenvalue weighted by atomic mass is 10.0. The molecular formula is C26H45N5. The highest BCUT2D eigenvalue weighted by Gasteiger charge is 2.24. The Bertz CT molecular complexity index is 807. The number of hydrazine groups is 1. The first-order chi connectivity index (χ1) is 14.9. The van der Waals surface area contributed by atoms with E-state index in [-0.39, 0.29) is 6.04 Å². The van der Waals surface area contributed by atoms with Gasteiger partial charge >= 0.3 is 0 Å². The SMILES string of the molecule is C=C(CC)N1CCCC(N(N)C(=C)NCc2cc3cc(C)ccc3[nH]2)C1.CC.CCC. The van der Waals surface area contributed by atoms with Gasteiger partial charge < -0.3 is 15.2 Å². The van der Waals surface area contributed by atoms with Crippen LogP contribution < -0.4 is 11.2 Å². The lowest BCUT2D eigenvalue weighted by Gasteiger charge is -2.40. The van der Waals surface area contributed by atoms with Crippen LogP contribution in [0.2, 0.25) is 0 Å². The van der Waals surface area contributed by atoms with Crippen molar-refractivity contribution < 1.29 is 0 Å². The summed E-state index contributed by atoms with van der Waals surface area (Å²) >= 11 is 0. The maximum atomic E-state index is 6.36. The van der Waals surface area contributed by atoms with Crippen LogP contribution in [0.3, 0.4) is 0 Å². The van der Waals surface area contributed by atoms with Gasteiger partial charge in [-0.25, -0.2) is 5.84 Å². The van der Waals surface area contributed by atoms with E-state index in [1.165, 1.54) is 23.1 Å². The maximum Gasteiger partial charge on any atom is 0.109 e. The van der Waals surface area contributed by atoms with E-state index in [4.69, 9.17) is 5.84 Å². The van der Waals surface area contributed by atoms with Crippen LogP contribution in [0.25, 0.3) is 10.9 Å². The minimum atomic E-state index is 0.261. The fourth-order valence-electron chi connectivity index (χ4n) is 3.61. The summed E-state index contributed by atoms with van der Waals surface area (Å²) in [4.78, 5) is 5.79. The summed E-state index contributed by atoms with van der Waals surface area (Å²) in [5.41, 5.74) is 4.74. The van der Waals surface area contributed by atoms with Gasteiger partial charge in [-0.15, -0.1) is 0 Å². The summed E-state index contributed by atoms with van der Waals surface area (Å²) in [6, 6.07) is 8.87. The monoisotopic (exact) mass is 427 g/mol. The van der Waals surface area contributed by atoms with Crippen LogP contribution in [0.15, 0.2) is 48.9 Å². The van der Waals surface area contributed by atoms with Gasteiger partial charge in [0.05, 0.1) is 12.6 Å². The lowest BCUT2D eigenvalue weighted by Crippen LogP contribution is -2.51. The number of likely N-dealkylation sites (tertiary alicyclic amines) is 1. The molecule has 1 atom stereocenters. The van der Waals surface area contributed by atoms with E-state index in [1.807, 2.05) is 13.8 Å². The molecule has 2 aromatic rings. The molecular weight excluding hydrogens is 382 g/mol. The molecule has 3 rings (SSSR count). The fraction of sp³-hybridized carbons (Fsp3) is 0.538. The molecule has 174 valence electrons. The maximum absolute atomic E-state index is 6.36. The van der Waals surface area contributed by atoms with Crippen LogP contribution in [-0.2, 0) is 6.54 Å². The number of nitrogens with one attached hydrogen (secondary N) is 2. The minimum Gasteiger partial charge on any atom is -0.373 e. The van der Waals surface area contributed by atoms with Crippen molar-refractivity contribution in [3.8, 4) is 0 Å². The molecule has 1 aliphatic rings. The summed E-state index contributed by atoms with van der Waals surface area (Å²) < 4.78 is 0. The average molecular weight is 428 g/mol. The molecule has 2 heterocycles. The Labute approximate surface area is 190 Å². The standard InChI is InChI=1S/C21H31N5.C3H8.C2H6/c1-5-16(3)25-10-6-7-20(14-25)26(22)17(4)23-13-19-12-18-11-15(2)8-9-21(18)24-19;1-3-2;1-2/h8-9,11-12,20,23-24H,3-7,10,13-14,22H2,1-2H3;3H2,1-2H3;1-2H3. The number of aromatic nitrogens is 1. The van der Waals surface area contributed by atoms with Gasteiger partial charge in [0.15, 0.2) is 0 Å². The van der Waals surface area contributed by atoms with Crippen molar-refractivity contribution in [2.24, 2.45) is 5.84 Å². The zero-order valence-corrected chi connectivity index (χ0v) is 20.7. The van der Waals surface area contributed by atoms with Gasteiger partial charge in [-0.2, -0.15) is 0 Å². The molecule has 1 aliphatic heterocycles. The number of hydrogen-bond acceptors (Lipinski definition) is 4. The third kappa shape index (κ3) is 7.98. The van der Waals surface area contributed by atoms with Crippen molar-refractivity contribution >= 4 is 10.9 Å². The number of rotatable bonds is 7. The molecule has 1 unspecified atom stereocenters. The van der Waals surface area contributed by atoms with E-state index in [1.54, 1.807) is 5.01 Å². The van der Waals surface area contributed by atoms with Gasteiger partial charge in [-0.05, 0) is 49.8 Å². The Morgan fingerprint density at radius 2 is 1.90 bits per heavy atom. The number of allylic oxidation sites excluding steroid dienone is 1. The van der Waals surface area contributed by atoms with E-state index < -0.39 is 0 Å². The summed E-state index contributed by atoms with van der Waals surface area (Å²) in [6.45, 7) is 23.5. The smallest absolute Gasteiger partial charge is 0.109 e. The first kappa shape index (κ1) is 26.6. The second-order valence-electron chi connectivity index (χ2n) is 7.96. The van der Waals surface area contributed by atoms with E-state index in [9.17, 15) is 0 Å². The summed E-state index contributed by atoms with van der Waals surface area (Å²) in [5, 5.41) is 6.39. The number of nitrogens with zero attached hydrogens (tertiary/aromatic N) is 2. The van der Waals surface area contributed by atoms with Crippen molar-refractivity contribution in [2.45, 2.75) is 79.8 Å². The molecule has 0 spiro atoms. The highest BCUT2D eigenvalue weighted by molar-refractivity contribution is 5.81. The predicted molar refractivity (Wildman–Crippen MR) is 136 cm³/mol. The molecule has 0 bridgehead atoms. The zero-order chi connectivity index (χ0) is 23.4. The number of aryl methyl sites for hydroxylation is 1. The second kappa shape index (κ2) is 13.8. The van der Waals surface area contributed by atoms with Crippen LogP contribution in [0.5, 0.6) is 0 Å². The van der Waals surface area contributed by atoms with Crippen LogP contribution in [0, 0.1) is 6.92 Å². The third-order valence-electron chi connectivity index (χ3n) is 5.27. The van der Waals surface area contributed by atoms with Gasteiger partial charge in [0.2, 0.25) is 0 Å². The molecule has 0 aliphatic carbocycles. The molecule has 1 fully saturated rings. The van der Waals surface area contributed by atoms with Gasteiger partial charge in [-0.3, -0.25) is 5.01 Å². The largest absolute Gasteiger partial charge is 0.373 e. The topological polar surface area (TPSA) is 60.3 Å². The number of benzene rings is 1. The Kier molecular flexibility index (Phi) is 11.9. The molecule has 4 N–H and O–H groups in total. The number of aromatic amines is 1. The molecule has 0 saturated carbocycles. The fourth-order valence-corrected chi connectivity index (χ4v) is 3.61. The third-order valence-corrected chi connectivity index (χ3v) is 5.27. The van der Waals surface area contributed by atoms with Crippen molar-refractivity contribution in [2.75, 3.05) is 13.1 Å². The first-order valence-corrected chi connectivity index (χ1v) is 11.9. The Morgan fingerprint density at radius 3 is 2.55 bits per heavy atom. The quantitative estimate of drug-likeness (QED) is 0.372. The van der Waals surface area contributed by atoms with E-state index >= 15 is 0 Å². The summed E-state index contributed by atoms with van der Waals surface area (Å²) in [5.74, 6) is 7.12. The molecule has 1 saturated heterocycles. The summed E-state index contributed by atoms with van der Waals surface area (Å²) in [6.07, 6.45) is 4.44. The van der Waals surface area contributed by atoms with Gasteiger partial charge in [0.1, 0.15) is 5.82 Å². The highest BCUT2D eigenvalue weighted by Crippen LogP contribution is 2.20. The van der Waals surface area contributed by atoms with Crippen molar-refractivity contribution in [1.82, 2.24) is 20.2 Å². The second-order valence-corrected chi connectivity index (χ2v) is 7.96. The number of H-pyrrole nitrogens is 1. The van der Waals surface area contributed by atoms with E-state index in [0.29, 0.717) is 6.54 Å². The Hall–Kier alpha value is -2.40. The molecule has 5 heteroatoms. The number of nitrogens with two attached hydrogens (primary N) is 1. The number of hydrogen-bond donors (Lipinski definition) is 3. The Balaban J connectivity index is 0.000000884. The van der Waals surface area contributed by atoms with Gasteiger partial charge in [-0.1, -0.05) is 65.8 Å². The van der Waals surface area contributed by atoms with Crippen molar-refractivity contribution in [1.29, 1.82) is 0 Å². The van der Waals surface area contributed by atoms with Crippen LogP contribution in [0.4, 0.5) is 0 Å². The zero-order valence-electron chi connectivity index (χ0n) is 20.7. The number of piperidine rings is 1. The average Bonchev–Trinajstić information content (AvgIpc) is 3.20. The van der Waals surface area contributed by atoms with E-state index in [0.717, 1.165) is 49.4 Å². The normalized spacial score (nSPS) is 15.3. The molecule has 31 heavy (non-hydrogen) atoms. The van der Waals surface area contributed by atoms with Crippen molar-refractivity contribution in [3.63, 3.8) is 0 Å². The molecule has 1 aromatic carbocycles. The predicted octanol–water partition coefficient (Wildman–Crippen LogP) is 6.04. The lowest BCUT2D eigenvalue weighted by molar-refractivity contribution is 0.137. The molecule has 0 radical (unpaired) electrons. The highest BCUT2D eigenvalue weighted by atomic mass is 15.5. The number of fused-ring (bicyclic) bond motifs is 1. The van der Waals surface area contributed by atoms with E-state index in [2.05, 4.69) is 80.3 Å². The first-order valence-electron chi connectivity index (χ1n) is 11.9.